The number of nitrogens with zero attached hydrogens (tertiary/aromatic N) is 3. The lowest BCUT2D eigenvalue weighted by molar-refractivity contribution is 0.615. The van der Waals surface area contributed by atoms with Gasteiger partial charge in [0.05, 0.1) is 11.0 Å². The molecule has 0 spiro atoms. The molecule has 0 saturated heterocycles. The maximum Gasteiger partial charge on any atom is 0.276 e. The molecule has 0 saturated carbocycles. The van der Waals surface area contributed by atoms with Crippen LogP contribution in [-0.2, 0) is 0 Å². The van der Waals surface area contributed by atoms with Crippen LogP contribution in [-0.4, -0.2) is 28.4 Å². The highest BCUT2D eigenvalue weighted by molar-refractivity contribution is 7.15. The fourth-order valence-electron chi connectivity index (χ4n) is 1.84. The highest BCUT2D eigenvalue weighted by Gasteiger charge is 2.09. The van der Waals surface area contributed by atoms with Crippen LogP contribution in [0.15, 0.2) is 29.1 Å². The van der Waals surface area contributed by atoms with Gasteiger partial charge in [-0.05, 0) is 12.1 Å². The van der Waals surface area contributed by atoms with E-state index in [-0.39, 0.29) is 5.56 Å². The van der Waals surface area contributed by atoms with Crippen LogP contribution in [0, 0.1) is 0 Å². The molecule has 1 aromatic carbocycles. The number of hydrogen-bond acceptors (Lipinski definition) is 4. The van der Waals surface area contributed by atoms with E-state index < -0.39 is 0 Å². The minimum absolute atomic E-state index is 0.00685. The van der Waals surface area contributed by atoms with Gasteiger partial charge in [0, 0.05) is 20.3 Å². The van der Waals surface area contributed by atoms with Crippen LogP contribution in [0.5, 0.6) is 0 Å². The molecule has 0 radical (unpaired) electrons. The zero-order valence-corrected chi connectivity index (χ0v) is 10.4. The first-order valence-electron chi connectivity index (χ1n) is 5.25. The van der Waals surface area contributed by atoms with E-state index >= 15 is 0 Å². The van der Waals surface area contributed by atoms with E-state index in [4.69, 9.17) is 0 Å². The Balaban J connectivity index is 2.48. The van der Waals surface area contributed by atoms with Gasteiger partial charge in [-0.3, -0.25) is 4.79 Å². The largest absolute Gasteiger partial charge is 0.382 e. The fourth-order valence-corrected chi connectivity index (χ4v) is 2.89. The summed E-state index contributed by atoms with van der Waals surface area (Å²) in [5.74, 6) is 0. The first-order valence-corrected chi connectivity index (χ1v) is 6.07. The smallest absolute Gasteiger partial charge is 0.276 e. The Hall–Kier alpha value is -1.88. The molecule has 5 heteroatoms. The molecule has 0 amide bonds. The van der Waals surface area contributed by atoms with E-state index in [0.717, 1.165) is 16.0 Å². The third kappa shape index (κ3) is 1.51. The van der Waals surface area contributed by atoms with E-state index in [1.165, 1.54) is 11.3 Å². The maximum absolute atomic E-state index is 12.2. The molecule has 0 N–H and O–H groups in total. The van der Waals surface area contributed by atoms with Crippen molar-refractivity contribution in [3.05, 3.63) is 39.2 Å². The molecule has 86 valence electrons. The summed E-state index contributed by atoms with van der Waals surface area (Å²) >= 11 is 1.42. The van der Waals surface area contributed by atoms with Crippen LogP contribution in [0.1, 0.15) is 0 Å². The normalized spacial score (nSPS) is 12.7. The minimum Gasteiger partial charge on any atom is -0.382 e. The molecule has 0 aliphatic heterocycles. The van der Waals surface area contributed by atoms with Crippen molar-refractivity contribution in [1.29, 1.82) is 0 Å². The SMILES string of the molecule is CN(C)/C=c1\sc2nc3ccccc3n2c1=O. The number of fused-ring (bicyclic) bond motifs is 3. The van der Waals surface area contributed by atoms with Crippen LogP contribution in [0.4, 0.5) is 0 Å². The highest BCUT2D eigenvalue weighted by atomic mass is 32.1. The molecule has 17 heavy (non-hydrogen) atoms. The summed E-state index contributed by atoms with van der Waals surface area (Å²) in [6.45, 7) is 0. The van der Waals surface area contributed by atoms with Crippen molar-refractivity contribution in [2.45, 2.75) is 0 Å². The molecule has 2 aromatic heterocycles. The highest BCUT2D eigenvalue weighted by Crippen LogP contribution is 2.15. The van der Waals surface area contributed by atoms with E-state index in [0.29, 0.717) is 4.53 Å². The lowest BCUT2D eigenvalue weighted by Crippen LogP contribution is -2.25. The molecule has 0 atom stereocenters. The topological polar surface area (TPSA) is 37.6 Å². The van der Waals surface area contributed by atoms with E-state index in [1.807, 2.05) is 49.5 Å². The third-order valence-electron chi connectivity index (χ3n) is 2.52. The molecule has 3 aromatic rings. The predicted octanol–water partition coefficient (Wildman–Crippen LogP) is 0.928. The summed E-state index contributed by atoms with van der Waals surface area (Å²) in [6.07, 6.45) is 1.83. The monoisotopic (exact) mass is 245 g/mol. The van der Waals surface area contributed by atoms with Crippen molar-refractivity contribution in [1.82, 2.24) is 14.3 Å². The van der Waals surface area contributed by atoms with Crippen LogP contribution in [0.25, 0.3) is 22.2 Å². The van der Waals surface area contributed by atoms with Gasteiger partial charge in [-0.2, -0.15) is 0 Å². The Kier molecular flexibility index (Phi) is 2.16. The fraction of sp³-hybridized carbons (Fsp3) is 0.167. The van der Waals surface area contributed by atoms with Gasteiger partial charge in [-0.15, -0.1) is 0 Å². The van der Waals surface area contributed by atoms with Crippen LogP contribution in [0.3, 0.4) is 0 Å². The summed E-state index contributed by atoms with van der Waals surface area (Å²) in [6, 6.07) is 7.69. The van der Waals surface area contributed by atoms with E-state index in [1.54, 1.807) is 4.40 Å². The Morgan fingerprint density at radius 3 is 2.88 bits per heavy atom. The van der Waals surface area contributed by atoms with Crippen molar-refractivity contribution >= 4 is 33.5 Å². The van der Waals surface area contributed by atoms with Crippen molar-refractivity contribution in [3.63, 3.8) is 0 Å². The number of imidazole rings is 1. The second-order valence-electron chi connectivity index (χ2n) is 4.08. The first kappa shape index (κ1) is 10.3. The Labute approximate surface area is 101 Å². The Morgan fingerprint density at radius 1 is 1.35 bits per heavy atom. The maximum atomic E-state index is 12.2. The number of hydrogen-bond donors (Lipinski definition) is 0. The van der Waals surface area contributed by atoms with E-state index in [9.17, 15) is 4.79 Å². The first-order chi connectivity index (χ1) is 8.16. The van der Waals surface area contributed by atoms with Crippen molar-refractivity contribution < 1.29 is 0 Å². The van der Waals surface area contributed by atoms with Crippen LogP contribution < -0.4 is 10.1 Å². The van der Waals surface area contributed by atoms with Gasteiger partial charge in [0.1, 0.15) is 4.53 Å². The van der Waals surface area contributed by atoms with Crippen molar-refractivity contribution in [2.75, 3.05) is 14.1 Å². The average molecular weight is 245 g/mol. The molecule has 0 unspecified atom stereocenters. The second-order valence-corrected chi connectivity index (χ2v) is 5.09. The number of benzene rings is 1. The van der Waals surface area contributed by atoms with Gasteiger partial charge in [0.2, 0.25) is 0 Å². The molecule has 3 rings (SSSR count). The third-order valence-corrected chi connectivity index (χ3v) is 3.48. The zero-order chi connectivity index (χ0) is 12.0. The summed E-state index contributed by atoms with van der Waals surface area (Å²) < 4.78 is 2.39. The number of aromatic nitrogens is 2. The molecule has 0 aliphatic rings. The van der Waals surface area contributed by atoms with Gasteiger partial charge < -0.3 is 4.90 Å². The number of thiazole rings is 1. The molecular weight excluding hydrogens is 234 g/mol. The summed E-state index contributed by atoms with van der Waals surface area (Å²) in [7, 11) is 3.81. The lowest BCUT2D eigenvalue weighted by atomic mass is 10.3. The van der Waals surface area contributed by atoms with E-state index in [2.05, 4.69) is 4.98 Å². The number of para-hydroxylation sites is 2. The van der Waals surface area contributed by atoms with Gasteiger partial charge in [-0.1, -0.05) is 23.5 Å². The number of rotatable bonds is 1. The zero-order valence-electron chi connectivity index (χ0n) is 9.54. The minimum atomic E-state index is 0.00685. The van der Waals surface area contributed by atoms with Gasteiger partial charge in [-0.25, -0.2) is 9.38 Å². The Bertz CT molecular complexity index is 800. The summed E-state index contributed by atoms with van der Waals surface area (Å²) in [4.78, 5) is 19.3. The Morgan fingerprint density at radius 2 is 2.12 bits per heavy atom. The van der Waals surface area contributed by atoms with Gasteiger partial charge >= 0.3 is 0 Å². The van der Waals surface area contributed by atoms with Gasteiger partial charge in [0.15, 0.2) is 4.96 Å². The molecule has 0 aliphatic carbocycles. The summed E-state index contributed by atoms with van der Waals surface area (Å²) in [5.41, 5.74) is 1.75. The average Bonchev–Trinajstić information content (AvgIpc) is 2.76. The van der Waals surface area contributed by atoms with Crippen LogP contribution in [0.2, 0.25) is 0 Å². The second kappa shape index (κ2) is 3.56. The predicted molar refractivity (Wildman–Crippen MR) is 70.2 cm³/mol. The summed E-state index contributed by atoms with van der Waals surface area (Å²) in [5, 5.41) is 0. The molecule has 4 nitrogen and oxygen atoms in total. The molecule has 2 heterocycles. The standard InChI is InChI=1S/C12H11N3OS/c1-14(2)7-10-11(16)15-9-6-4-3-5-8(9)13-12(15)17-10/h3-7H,1-2H3/b10-7-. The molecule has 0 fully saturated rings. The quantitative estimate of drug-likeness (QED) is 0.640. The molecular formula is C12H11N3OS. The van der Waals surface area contributed by atoms with Crippen LogP contribution >= 0.6 is 11.3 Å². The van der Waals surface area contributed by atoms with Crippen molar-refractivity contribution in [3.8, 4) is 0 Å². The van der Waals surface area contributed by atoms with Gasteiger partial charge in [0.25, 0.3) is 5.56 Å². The molecule has 0 bridgehead atoms. The lowest BCUT2D eigenvalue weighted by Gasteiger charge is -2.00. The van der Waals surface area contributed by atoms with Crippen molar-refractivity contribution in [2.24, 2.45) is 0 Å².